The number of nitrogens with one attached hydrogen (secondary N) is 2. The third-order valence-electron chi connectivity index (χ3n) is 4.39. The van der Waals surface area contributed by atoms with Gasteiger partial charge >= 0.3 is 0 Å². The molecule has 132 valence electrons. The maximum atomic E-state index is 12.6. The van der Waals surface area contributed by atoms with E-state index in [0.717, 1.165) is 5.69 Å². The van der Waals surface area contributed by atoms with E-state index in [1.165, 1.54) is 39.9 Å². The second-order valence-corrected chi connectivity index (χ2v) is 6.05. The summed E-state index contributed by atoms with van der Waals surface area (Å²) in [7, 11) is 3.04. The highest BCUT2D eigenvalue weighted by Gasteiger charge is 2.19. The molecule has 0 radical (unpaired) electrons. The molecule has 2 N–H and O–H groups in total. The molecule has 0 unspecified atom stereocenters. The Labute approximate surface area is 147 Å². The van der Waals surface area contributed by atoms with E-state index in [-0.39, 0.29) is 5.91 Å². The molecule has 1 amide bonds. The number of hydrogen-bond acceptors (Lipinski definition) is 5. The van der Waals surface area contributed by atoms with Gasteiger partial charge in [-0.3, -0.25) is 4.79 Å². The van der Waals surface area contributed by atoms with Gasteiger partial charge in [-0.15, -0.1) is 0 Å². The van der Waals surface area contributed by atoms with Crippen LogP contribution in [0, 0.1) is 0 Å². The first-order chi connectivity index (χ1) is 12.2. The number of ether oxygens (including phenoxy) is 2. The minimum Gasteiger partial charge on any atom is -0.496 e. The van der Waals surface area contributed by atoms with Crippen LogP contribution in [0.25, 0.3) is 0 Å². The number of amides is 1. The number of rotatable bonds is 6. The molecule has 3 rings (SSSR count). The molecular weight excluding hydrogens is 318 g/mol. The summed E-state index contributed by atoms with van der Waals surface area (Å²) in [5.41, 5.74) is 1.32. The lowest BCUT2D eigenvalue weighted by Crippen LogP contribution is -2.16. The number of methoxy groups -OCH3 is 2. The van der Waals surface area contributed by atoms with Crippen LogP contribution in [0.3, 0.4) is 0 Å². The maximum Gasteiger partial charge on any atom is 0.264 e. The van der Waals surface area contributed by atoms with Gasteiger partial charge in [-0.1, -0.05) is 18.9 Å². The smallest absolute Gasteiger partial charge is 0.264 e. The van der Waals surface area contributed by atoms with Gasteiger partial charge in [0.05, 0.1) is 26.1 Å². The molecule has 1 aromatic carbocycles. The van der Waals surface area contributed by atoms with Crippen LogP contribution >= 0.6 is 0 Å². The topological polar surface area (TPSA) is 72.5 Å². The Morgan fingerprint density at radius 3 is 2.32 bits per heavy atom. The van der Waals surface area contributed by atoms with Gasteiger partial charge in [0.25, 0.3) is 5.91 Å². The monoisotopic (exact) mass is 341 g/mol. The summed E-state index contributed by atoms with van der Waals surface area (Å²) in [5, 5.41) is 6.27. The zero-order valence-electron chi connectivity index (χ0n) is 14.5. The number of carbonyl (C=O) groups excluding carboxylic acids is 1. The second kappa shape index (κ2) is 7.88. The fourth-order valence-electron chi connectivity index (χ4n) is 3.11. The van der Waals surface area contributed by atoms with Crippen molar-refractivity contribution in [3.05, 3.63) is 42.1 Å². The van der Waals surface area contributed by atoms with Crippen LogP contribution in [0.15, 0.2) is 36.5 Å². The molecule has 1 aromatic heterocycles. The summed E-state index contributed by atoms with van der Waals surface area (Å²) < 4.78 is 10.5. The molecule has 1 fully saturated rings. The number of benzene rings is 1. The van der Waals surface area contributed by atoms with Crippen molar-refractivity contribution in [3.63, 3.8) is 0 Å². The van der Waals surface area contributed by atoms with Crippen LogP contribution in [-0.4, -0.2) is 31.2 Å². The Morgan fingerprint density at radius 1 is 1.08 bits per heavy atom. The Morgan fingerprint density at radius 2 is 1.76 bits per heavy atom. The highest BCUT2D eigenvalue weighted by Crippen LogP contribution is 2.29. The van der Waals surface area contributed by atoms with Crippen LogP contribution in [0.2, 0.25) is 0 Å². The van der Waals surface area contributed by atoms with Gasteiger partial charge in [0, 0.05) is 6.04 Å². The molecule has 1 heterocycles. The van der Waals surface area contributed by atoms with Crippen molar-refractivity contribution < 1.29 is 14.3 Å². The lowest BCUT2D eigenvalue weighted by atomic mass is 10.1. The van der Waals surface area contributed by atoms with Crippen molar-refractivity contribution in [1.82, 2.24) is 4.98 Å². The first-order valence-electron chi connectivity index (χ1n) is 8.46. The first kappa shape index (κ1) is 17.1. The quantitative estimate of drug-likeness (QED) is 0.838. The van der Waals surface area contributed by atoms with Crippen molar-refractivity contribution in [1.29, 1.82) is 0 Å². The standard InChI is InChI=1S/C19H23N3O3/c1-24-15-8-5-9-16(25-2)18(15)19(23)22-17-11-10-14(12-20-17)21-13-6-3-4-7-13/h5,8-13,21H,3-4,6-7H2,1-2H3,(H,20,22,23). The van der Waals surface area contributed by atoms with Crippen LogP contribution in [0.4, 0.5) is 11.5 Å². The van der Waals surface area contributed by atoms with Crippen molar-refractivity contribution in [2.75, 3.05) is 24.9 Å². The number of hydrogen-bond donors (Lipinski definition) is 2. The molecule has 1 saturated carbocycles. The van der Waals surface area contributed by atoms with Crippen LogP contribution in [-0.2, 0) is 0 Å². The third kappa shape index (κ3) is 4.02. The van der Waals surface area contributed by atoms with E-state index in [1.807, 2.05) is 6.07 Å². The van der Waals surface area contributed by atoms with Gasteiger partial charge < -0.3 is 20.1 Å². The molecule has 1 aliphatic rings. The zero-order chi connectivity index (χ0) is 17.6. The summed E-state index contributed by atoms with van der Waals surface area (Å²) in [5.74, 6) is 1.07. The molecule has 6 nitrogen and oxygen atoms in total. The summed E-state index contributed by atoms with van der Waals surface area (Å²) in [6, 6.07) is 9.46. The molecule has 0 spiro atoms. The summed E-state index contributed by atoms with van der Waals surface area (Å²) in [6.45, 7) is 0. The normalized spacial score (nSPS) is 14.2. The SMILES string of the molecule is COc1cccc(OC)c1C(=O)Nc1ccc(NC2CCCC2)cn1. The van der Waals surface area contributed by atoms with Gasteiger partial charge in [-0.2, -0.15) is 0 Å². The molecule has 25 heavy (non-hydrogen) atoms. The fourth-order valence-corrected chi connectivity index (χ4v) is 3.11. The lowest BCUT2D eigenvalue weighted by molar-refractivity contribution is 0.102. The minimum atomic E-state index is -0.321. The van der Waals surface area contributed by atoms with E-state index in [1.54, 1.807) is 30.5 Å². The summed E-state index contributed by atoms with van der Waals surface area (Å²) in [4.78, 5) is 16.9. The van der Waals surface area contributed by atoms with Gasteiger partial charge in [-0.25, -0.2) is 4.98 Å². The van der Waals surface area contributed by atoms with Crippen LogP contribution in [0.1, 0.15) is 36.0 Å². The molecule has 0 atom stereocenters. The van der Waals surface area contributed by atoms with E-state index >= 15 is 0 Å². The van der Waals surface area contributed by atoms with E-state index in [0.29, 0.717) is 28.9 Å². The van der Waals surface area contributed by atoms with Crippen LogP contribution in [0.5, 0.6) is 11.5 Å². The Kier molecular flexibility index (Phi) is 5.38. The number of carbonyl (C=O) groups is 1. The predicted octanol–water partition coefficient (Wildman–Crippen LogP) is 3.71. The molecular formula is C19H23N3O3. The number of nitrogens with zero attached hydrogens (tertiary/aromatic N) is 1. The maximum absolute atomic E-state index is 12.6. The number of anilines is 2. The summed E-state index contributed by atoms with van der Waals surface area (Å²) in [6.07, 6.45) is 6.70. The molecule has 0 bridgehead atoms. The number of pyridine rings is 1. The van der Waals surface area contributed by atoms with Gasteiger partial charge in [0.1, 0.15) is 22.9 Å². The second-order valence-electron chi connectivity index (χ2n) is 6.05. The minimum absolute atomic E-state index is 0.321. The van der Waals surface area contributed by atoms with Crippen molar-refractivity contribution in [3.8, 4) is 11.5 Å². The van der Waals surface area contributed by atoms with Gasteiger partial charge in [0.2, 0.25) is 0 Å². The van der Waals surface area contributed by atoms with E-state index in [9.17, 15) is 4.79 Å². The molecule has 1 aliphatic carbocycles. The van der Waals surface area contributed by atoms with Crippen molar-refractivity contribution in [2.45, 2.75) is 31.7 Å². The van der Waals surface area contributed by atoms with Crippen molar-refractivity contribution >= 4 is 17.4 Å². The Hall–Kier alpha value is -2.76. The highest BCUT2D eigenvalue weighted by molar-refractivity contribution is 6.07. The zero-order valence-corrected chi connectivity index (χ0v) is 14.5. The lowest BCUT2D eigenvalue weighted by Gasteiger charge is -2.14. The average molecular weight is 341 g/mol. The first-order valence-corrected chi connectivity index (χ1v) is 8.46. The van der Waals surface area contributed by atoms with Gasteiger partial charge in [0.15, 0.2) is 0 Å². The largest absolute Gasteiger partial charge is 0.496 e. The Balaban J connectivity index is 1.71. The van der Waals surface area contributed by atoms with Crippen LogP contribution < -0.4 is 20.1 Å². The van der Waals surface area contributed by atoms with Gasteiger partial charge in [-0.05, 0) is 37.1 Å². The predicted molar refractivity (Wildman–Crippen MR) is 97.6 cm³/mol. The summed E-state index contributed by atoms with van der Waals surface area (Å²) >= 11 is 0. The molecule has 0 aliphatic heterocycles. The molecule has 6 heteroatoms. The fraction of sp³-hybridized carbons (Fsp3) is 0.368. The van der Waals surface area contributed by atoms with E-state index < -0.39 is 0 Å². The Bertz CT molecular complexity index is 703. The van der Waals surface area contributed by atoms with Crippen molar-refractivity contribution in [2.24, 2.45) is 0 Å². The van der Waals surface area contributed by atoms with E-state index in [4.69, 9.17) is 9.47 Å². The number of aromatic nitrogens is 1. The molecule has 0 saturated heterocycles. The highest BCUT2D eigenvalue weighted by atomic mass is 16.5. The van der Waals surface area contributed by atoms with E-state index in [2.05, 4.69) is 15.6 Å². The average Bonchev–Trinajstić information content (AvgIpc) is 3.15. The third-order valence-corrected chi connectivity index (χ3v) is 4.39. The molecule has 2 aromatic rings.